The van der Waals surface area contributed by atoms with Gasteiger partial charge in [0.1, 0.15) is 0 Å². The van der Waals surface area contributed by atoms with Crippen molar-refractivity contribution in [3.05, 3.63) is 35.7 Å². The van der Waals surface area contributed by atoms with Crippen LogP contribution in [-0.2, 0) is 6.54 Å². The number of aromatic carboxylic acids is 1. The zero-order chi connectivity index (χ0) is 10.7. The first kappa shape index (κ1) is 10.6. The Hall–Kier alpha value is -1.51. The van der Waals surface area contributed by atoms with Gasteiger partial charge < -0.3 is 9.67 Å². The van der Waals surface area contributed by atoms with Gasteiger partial charge in [0, 0.05) is 17.9 Å². The lowest BCUT2D eigenvalue weighted by Crippen LogP contribution is -2.04. The molecule has 1 N–H and O–H groups in total. The molecule has 0 aromatic carbocycles. The number of carboxylic acid groups (broad SMARTS) is 1. The second-order valence-electron chi connectivity index (χ2n) is 3.32. The van der Waals surface area contributed by atoms with Gasteiger partial charge in [-0.05, 0) is 26.3 Å². The van der Waals surface area contributed by atoms with Crippen molar-refractivity contribution in [3.63, 3.8) is 0 Å². The molecule has 14 heavy (non-hydrogen) atoms. The van der Waals surface area contributed by atoms with Crippen LogP contribution in [-0.4, -0.2) is 15.6 Å². The van der Waals surface area contributed by atoms with Gasteiger partial charge in [0.2, 0.25) is 0 Å². The third kappa shape index (κ3) is 1.87. The Labute approximate surface area is 83.7 Å². The Morgan fingerprint density at radius 3 is 2.71 bits per heavy atom. The van der Waals surface area contributed by atoms with Crippen LogP contribution in [0.15, 0.2) is 18.7 Å². The van der Waals surface area contributed by atoms with Gasteiger partial charge in [-0.15, -0.1) is 6.58 Å². The van der Waals surface area contributed by atoms with Crippen molar-refractivity contribution in [1.82, 2.24) is 4.57 Å². The maximum atomic E-state index is 10.8. The summed E-state index contributed by atoms with van der Waals surface area (Å²) in [6.45, 7) is 8.20. The molecule has 0 spiro atoms. The van der Waals surface area contributed by atoms with E-state index in [1.54, 1.807) is 6.07 Å². The molecule has 3 nitrogen and oxygen atoms in total. The Morgan fingerprint density at radius 1 is 1.64 bits per heavy atom. The summed E-state index contributed by atoms with van der Waals surface area (Å²) in [5.41, 5.74) is 2.20. The van der Waals surface area contributed by atoms with E-state index < -0.39 is 5.97 Å². The van der Waals surface area contributed by atoms with Crippen molar-refractivity contribution in [2.45, 2.75) is 26.8 Å². The maximum absolute atomic E-state index is 10.8. The van der Waals surface area contributed by atoms with Gasteiger partial charge in [0.15, 0.2) is 0 Å². The van der Waals surface area contributed by atoms with Crippen LogP contribution in [0.4, 0.5) is 0 Å². The topological polar surface area (TPSA) is 42.2 Å². The lowest BCUT2D eigenvalue weighted by molar-refractivity contribution is 0.0696. The van der Waals surface area contributed by atoms with Crippen LogP contribution >= 0.6 is 0 Å². The molecule has 0 amide bonds. The molecule has 0 aliphatic carbocycles. The minimum absolute atomic E-state index is 0.395. The Morgan fingerprint density at radius 2 is 2.29 bits per heavy atom. The number of aromatic nitrogens is 1. The Bertz CT molecular complexity index is 364. The van der Waals surface area contributed by atoms with Gasteiger partial charge in [-0.3, -0.25) is 0 Å². The van der Waals surface area contributed by atoms with Gasteiger partial charge >= 0.3 is 5.97 Å². The first-order valence-corrected chi connectivity index (χ1v) is 4.59. The molecular formula is C11H15NO2. The van der Waals surface area contributed by atoms with E-state index in [1.807, 2.05) is 24.5 Å². The van der Waals surface area contributed by atoms with Gasteiger partial charge in [-0.2, -0.15) is 0 Å². The number of hydrogen-bond acceptors (Lipinski definition) is 1. The molecule has 0 aliphatic heterocycles. The molecule has 0 bridgehead atoms. The van der Waals surface area contributed by atoms with Gasteiger partial charge in [0.25, 0.3) is 0 Å². The van der Waals surface area contributed by atoms with E-state index in [4.69, 9.17) is 5.11 Å². The minimum Gasteiger partial charge on any atom is -0.478 e. The molecular weight excluding hydrogens is 178 g/mol. The van der Waals surface area contributed by atoms with Crippen LogP contribution in [0.2, 0.25) is 0 Å². The summed E-state index contributed by atoms with van der Waals surface area (Å²) >= 11 is 0. The van der Waals surface area contributed by atoms with Crippen molar-refractivity contribution in [3.8, 4) is 0 Å². The molecule has 0 fully saturated rings. The van der Waals surface area contributed by atoms with Crippen LogP contribution < -0.4 is 0 Å². The van der Waals surface area contributed by atoms with Crippen LogP contribution in [0.3, 0.4) is 0 Å². The molecule has 0 aliphatic rings. The smallest absolute Gasteiger partial charge is 0.337 e. The number of aryl methyl sites for hydroxylation is 1. The fourth-order valence-corrected chi connectivity index (χ4v) is 1.58. The number of rotatable bonds is 4. The van der Waals surface area contributed by atoms with E-state index in [1.165, 1.54) is 0 Å². The fraction of sp³-hybridized carbons (Fsp3) is 0.364. The van der Waals surface area contributed by atoms with E-state index in [0.717, 1.165) is 24.4 Å². The molecule has 0 saturated carbocycles. The third-order valence-electron chi connectivity index (χ3n) is 2.36. The highest BCUT2D eigenvalue weighted by molar-refractivity contribution is 5.89. The lowest BCUT2D eigenvalue weighted by atomic mass is 10.2. The Kier molecular flexibility index (Phi) is 3.12. The van der Waals surface area contributed by atoms with Gasteiger partial charge in [0.05, 0.1) is 5.56 Å². The highest BCUT2D eigenvalue weighted by atomic mass is 16.4. The Balaban J connectivity index is 3.04. The summed E-state index contributed by atoms with van der Waals surface area (Å²) in [7, 11) is 0. The average molecular weight is 193 g/mol. The summed E-state index contributed by atoms with van der Waals surface area (Å²) < 4.78 is 2.01. The van der Waals surface area contributed by atoms with Crippen LogP contribution in [0.5, 0.6) is 0 Å². The number of carbonyl (C=O) groups is 1. The normalized spacial score (nSPS) is 10.1. The number of hydrogen-bond donors (Lipinski definition) is 1. The van der Waals surface area contributed by atoms with Crippen molar-refractivity contribution >= 4 is 5.97 Å². The van der Waals surface area contributed by atoms with E-state index in [-0.39, 0.29) is 0 Å². The predicted molar refractivity (Wildman–Crippen MR) is 55.7 cm³/mol. The van der Waals surface area contributed by atoms with Crippen LogP contribution in [0.1, 0.15) is 28.2 Å². The summed E-state index contributed by atoms with van der Waals surface area (Å²) in [5.74, 6) is -0.858. The van der Waals surface area contributed by atoms with Gasteiger partial charge in [-0.1, -0.05) is 6.08 Å². The van der Waals surface area contributed by atoms with Crippen molar-refractivity contribution < 1.29 is 9.90 Å². The molecule has 0 saturated heterocycles. The molecule has 0 unspecified atom stereocenters. The van der Waals surface area contributed by atoms with E-state index in [0.29, 0.717) is 5.56 Å². The number of allylic oxidation sites excluding steroid dienone is 1. The first-order valence-electron chi connectivity index (χ1n) is 4.59. The highest BCUT2D eigenvalue weighted by Crippen LogP contribution is 2.15. The molecule has 0 radical (unpaired) electrons. The summed E-state index contributed by atoms with van der Waals surface area (Å²) in [5, 5.41) is 8.90. The first-order chi connectivity index (χ1) is 6.57. The predicted octanol–water partition coefficient (Wildman–Crippen LogP) is 2.38. The largest absolute Gasteiger partial charge is 0.478 e. The quantitative estimate of drug-likeness (QED) is 0.746. The molecule has 1 aromatic rings. The number of carboxylic acids is 1. The van der Waals surface area contributed by atoms with Crippen molar-refractivity contribution in [1.29, 1.82) is 0 Å². The molecule has 76 valence electrons. The zero-order valence-corrected chi connectivity index (χ0v) is 8.58. The average Bonchev–Trinajstić information content (AvgIpc) is 2.40. The third-order valence-corrected chi connectivity index (χ3v) is 2.36. The molecule has 3 heteroatoms. The van der Waals surface area contributed by atoms with Crippen LogP contribution in [0, 0.1) is 13.8 Å². The lowest BCUT2D eigenvalue weighted by Gasteiger charge is -2.06. The molecule has 1 aromatic heterocycles. The van der Waals surface area contributed by atoms with Gasteiger partial charge in [-0.25, -0.2) is 4.79 Å². The fourth-order valence-electron chi connectivity index (χ4n) is 1.58. The second-order valence-corrected chi connectivity index (χ2v) is 3.32. The number of nitrogens with zero attached hydrogens (tertiary/aromatic N) is 1. The zero-order valence-electron chi connectivity index (χ0n) is 8.58. The minimum atomic E-state index is -0.858. The SMILES string of the molecule is C=CCCn1c(C)cc(C(=O)O)c1C. The summed E-state index contributed by atoms with van der Waals surface area (Å²) in [4.78, 5) is 10.8. The monoisotopic (exact) mass is 193 g/mol. The van der Waals surface area contributed by atoms with Crippen molar-refractivity contribution in [2.24, 2.45) is 0 Å². The molecule has 0 atom stereocenters. The second kappa shape index (κ2) is 4.13. The van der Waals surface area contributed by atoms with Crippen molar-refractivity contribution in [2.75, 3.05) is 0 Å². The summed E-state index contributed by atoms with van der Waals surface area (Å²) in [6, 6.07) is 1.71. The standard InChI is InChI=1S/C11H15NO2/c1-4-5-6-12-8(2)7-10(9(12)3)11(13)14/h4,7H,1,5-6H2,2-3H3,(H,13,14). The van der Waals surface area contributed by atoms with E-state index >= 15 is 0 Å². The highest BCUT2D eigenvalue weighted by Gasteiger charge is 2.13. The molecule has 1 heterocycles. The van der Waals surface area contributed by atoms with Crippen LogP contribution in [0.25, 0.3) is 0 Å². The molecule has 1 rings (SSSR count). The van der Waals surface area contributed by atoms with E-state index in [9.17, 15) is 4.79 Å². The maximum Gasteiger partial charge on any atom is 0.337 e. The summed E-state index contributed by atoms with van der Waals surface area (Å²) in [6.07, 6.45) is 2.69. The van der Waals surface area contributed by atoms with E-state index in [2.05, 4.69) is 6.58 Å².